The van der Waals surface area contributed by atoms with E-state index in [0.29, 0.717) is 34.4 Å². The number of rotatable bonds is 3. The van der Waals surface area contributed by atoms with Crippen molar-refractivity contribution in [2.75, 3.05) is 18.0 Å². The average Bonchev–Trinajstić information content (AvgIpc) is 3.18. The van der Waals surface area contributed by atoms with E-state index in [-0.39, 0.29) is 24.9 Å². The molecule has 0 bridgehead atoms. The van der Waals surface area contributed by atoms with Crippen LogP contribution in [0.15, 0.2) is 24.3 Å². The number of fused-ring (bicyclic) bond motifs is 1. The van der Waals surface area contributed by atoms with Crippen LogP contribution in [0.1, 0.15) is 38.6 Å². The molecule has 1 aromatic carbocycles. The smallest absolute Gasteiger partial charge is 0.266 e. The van der Waals surface area contributed by atoms with E-state index < -0.39 is 5.92 Å². The molecule has 0 radical (unpaired) electrons. The molecular formula is C19H21ClF2N6. The van der Waals surface area contributed by atoms with Crippen molar-refractivity contribution in [1.29, 1.82) is 0 Å². The molecule has 0 amide bonds. The van der Waals surface area contributed by atoms with Crippen molar-refractivity contribution in [3.05, 3.63) is 40.7 Å². The van der Waals surface area contributed by atoms with E-state index in [4.69, 9.17) is 11.6 Å². The Hall–Kier alpha value is -2.35. The Morgan fingerprint density at radius 1 is 1.18 bits per heavy atom. The van der Waals surface area contributed by atoms with Crippen LogP contribution in [0.4, 0.5) is 14.6 Å². The van der Waals surface area contributed by atoms with Gasteiger partial charge in [-0.05, 0) is 11.6 Å². The monoisotopic (exact) mass is 406 g/mol. The SMILES string of the molecule is CC(C)(C)c1nc(N2CCC(F)(F)C2)c2nnn(Cc3ccccc3Cl)c2n1. The highest BCUT2D eigenvalue weighted by molar-refractivity contribution is 6.31. The van der Waals surface area contributed by atoms with E-state index in [0.717, 1.165) is 5.56 Å². The van der Waals surface area contributed by atoms with Gasteiger partial charge in [-0.1, -0.05) is 55.8 Å². The number of aromatic nitrogens is 5. The number of nitrogens with zero attached hydrogens (tertiary/aromatic N) is 6. The summed E-state index contributed by atoms with van der Waals surface area (Å²) in [5.74, 6) is -1.75. The van der Waals surface area contributed by atoms with Crippen molar-refractivity contribution < 1.29 is 8.78 Å². The van der Waals surface area contributed by atoms with Gasteiger partial charge < -0.3 is 4.90 Å². The number of hydrogen-bond acceptors (Lipinski definition) is 5. The molecular weight excluding hydrogens is 386 g/mol. The molecule has 0 unspecified atom stereocenters. The molecule has 1 aliphatic rings. The van der Waals surface area contributed by atoms with Gasteiger partial charge in [0.15, 0.2) is 17.0 Å². The van der Waals surface area contributed by atoms with Gasteiger partial charge >= 0.3 is 0 Å². The first-order valence-corrected chi connectivity index (χ1v) is 9.50. The van der Waals surface area contributed by atoms with Gasteiger partial charge in [0.25, 0.3) is 5.92 Å². The van der Waals surface area contributed by atoms with Crippen LogP contribution in [0.5, 0.6) is 0 Å². The van der Waals surface area contributed by atoms with E-state index in [1.807, 2.05) is 45.0 Å². The van der Waals surface area contributed by atoms with Crippen LogP contribution in [0.3, 0.4) is 0 Å². The first-order chi connectivity index (χ1) is 13.1. The maximum Gasteiger partial charge on any atom is 0.266 e. The molecule has 0 aliphatic carbocycles. The molecule has 0 atom stereocenters. The quantitative estimate of drug-likeness (QED) is 0.656. The van der Waals surface area contributed by atoms with Gasteiger partial charge in [0.1, 0.15) is 5.82 Å². The molecule has 9 heteroatoms. The summed E-state index contributed by atoms with van der Waals surface area (Å²) in [6, 6.07) is 7.47. The first-order valence-electron chi connectivity index (χ1n) is 9.12. The van der Waals surface area contributed by atoms with Crippen LogP contribution in [0.25, 0.3) is 11.2 Å². The van der Waals surface area contributed by atoms with Crippen molar-refractivity contribution in [3.8, 4) is 0 Å². The average molecular weight is 407 g/mol. The zero-order chi connectivity index (χ0) is 20.1. The summed E-state index contributed by atoms with van der Waals surface area (Å²) in [6.45, 7) is 6.18. The maximum atomic E-state index is 13.8. The Bertz CT molecular complexity index is 1030. The molecule has 0 saturated carbocycles. The van der Waals surface area contributed by atoms with Gasteiger partial charge in [-0.25, -0.2) is 23.4 Å². The topological polar surface area (TPSA) is 59.7 Å². The van der Waals surface area contributed by atoms with E-state index in [2.05, 4.69) is 20.3 Å². The standard InChI is InChI=1S/C19H21ClF2N6/c1-18(2,3)17-23-15(27-9-8-19(21,22)11-27)14-16(24-17)28(26-25-14)10-12-6-4-5-7-13(12)20/h4-7H,8-11H2,1-3H3. The largest absolute Gasteiger partial charge is 0.348 e. The van der Waals surface area contributed by atoms with Gasteiger partial charge in [-0.2, -0.15) is 0 Å². The molecule has 3 heterocycles. The lowest BCUT2D eigenvalue weighted by molar-refractivity contribution is 0.0257. The van der Waals surface area contributed by atoms with E-state index in [1.54, 1.807) is 9.58 Å². The lowest BCUT2D eigenvalue weighted by Crippen LogP contribution is -2.27. The molecule has 3 aromatic rings. The normalized spacial score (nSPS) is 16.9. The second-order valence-electron chi connectivity index (χ2n) is 8.16. The highest BCUT2D eigenvalue weighted by Crippen LogP contribution is 2.34. The number of hydrogen-bond donors (Lipinski definition) is 0. The third-order valence-electron chi connectivity index (χ3n) is 4.76. The third kappa shape index (κ3) is 3.53. The third-order valence-corrected chi connectivity index (χ3v) is 5.13. The Kier molecular flexibility index (Phi) is 4.49. The summed E-state index contributed by atoms with van der Waals surface area (Å²) in [5, 5.41) is 9.05. The Morgan fingerprint density at radius 3 is 2.57 bits per heavy atom. The van der Waals surface area contributed by atoms with Crippen molar-refractivity contribution in [3.63, 3.8) is 0 Å². The molecule has 0 N–H and O–H groups in total. The van der Waals surface area contributed by atoms with Crippen molar-refractivity contribution in [1.82, 2.24) is 25.0 Å². The zero-order valence-electron chi connectivity index (χ0n) is 16.0. The van der Waals surface area contributed by atoms with Crippen molar-refractivity contribution >= 4 is 28.6 Å². The van der Waals surface area contributed by atoms with Gasteiger partial charge in [-0.15, -0.1) is 5.10 Å². The molecule has 1 fully saturated rings. The molecule has 28 heavy (non-hydrogen) atoms. The lowest BCUT2D eigenvalue weighted by Gasteiger charge is -2.22. The number of benzene rings is 1. The minimum Gasteiger partial charge on any atom is -0.348 e. The predicted octanol–water partition coefficient (Wildman–Crippen LogP) is 4.07. The zero-order valence-corrected chi connectivity index (χ0v) is 16.7. The number of anilines is 1. The minimum absolute atomic E-state index is 0.197. The highest BCUT2D eigenvalue weighted by atomic mass is 35.5. The minimum atomic E-state index is -2.73. The molecule has 6 nitrogen and oxygen atoms in total. The Balaban J connectivity index is 1.84. The van der Waals surface area contributed by atoms with Crippen molar-refractivity contribution in [2.45, 2.75) is 45.1 Å². The summed E-state index contributed by atoms with van der Waals surface area (Å²) in [5.41, 5.74) is 1.47. The van der Waals surface area contributed by atoms with Crippen LogP contribution in [0.2, 0.25) is 5.02 Å². The van der Waals surface area contributed by atoms with E-state index >= 15 is 0 Å². The Morgan fingerprint density at radius 2 is 1.93 bits per heavy atom. The predicted molar refractivity (Wildman–Crippen MR) is 104 cm³/mol. The molecule has 1 aliphatic heterocycles. The lowest BCUT2D eigenvalue weighted by atomic mass is 9.96. The molecule has 148 valence electrons. The summed E-state index contributed by atoms with van der Waals surface area (Å²) in [7, 11) is 0. The second kappa shape index (κ2) is 6.62. The molecule has 0 spiro atoms. The summed E-state index contributed by atoms with van der Waals surface area (Å²) in [6.07, 6.45) is -0.197. The molecule has 4 rings (SSSR count). The van der Waals surface area contributed by atoms with Crippen LogP contribution >= 0.6 is 11.6 Å². The van der Waals surface area contributed by atoms with Gasteiger partial charge in [0.2, 0.25) is 0 Å². The first kappa shape index (κ1) is 19.0. The van der Waals surface area contributed by atoms with Gasteiger partial charge in [0, 0.05) is 23.4 Å². The summed E-state index contributed by atoms with van der Waals surface area (Å²) >= 11 is 6.28. The molecule has 2 aromatic heterocycles. The van der Waals surface area contributed by atoms with Crippen molar-refractivity contribution in [2.24, 2.45) is 0 Å². The Labute approximate surface area is 166 Å². The number of halogens is 3. The van der Waals surface area contributed by atoms with Crippen LogP contribution in [-0.2, 0) is 12.0 Å². The summed E-state index contributed by atoms with van der Waals surface area (Å²) in [4.78, 5) is 10.8. The fraction of sp³-hybridized carbons (Fsp3) is 0.474. The maximum absolute atomic E-state index is 13.8. The fourth-order valence-corrected chi connectivity index (χ4v) is 3.40. The van der Waals surface area contributed by atoms with E-state index in [1.165, 1.54) is 0 Å². The molecule has 1 saturated heterocycles. The van der Waals surface area contributed by atoms with Crippen LogP contribution in [0, 0.1) is 0 Å². The highest BCUT2D eigenvalue weighted by Gasteiger charge is 2.40. The van der Waals surface area contributed by atoms with Gasteiger partial charge in [0.05, 0.1) is 13.1 Å². The van der Waals surface area contributed by atoms with Crippen LogP contribution < -0.4 is 4.90 Å². The fourth-order valence-electron chi connectivity index (χ4n) is 3.21. The van der Waals surface area contributed by atoms with Gasteiger partial charge in [-0.3, -0.25) is 0 Å². The number of alkyl halides is 2. The van der Waals surface area contributed by atoms with E-state index in [9.17, 15) is 8.78 Å². The summed E-state index contributed by atoms with van der Waals surface area (Å²) < 4.78 is 29.3. The second-order valence-corrected chi connectivity index (χ2v) is 8.57. The van der Waals surface area contributed by atoms with Crippen LogP contribution in [-0.4, -0.2) is 44.0 Å².